The van der Waals surface area contributed by atoms with Crippen LogP contribution in [0.15, 0.2) is 146 Å². The van der Waals surface area contributed by atoms with Crippen molar-refractivity contribution in [2.45, 2.75) is 31.5 Å². The molecule has 0 saturated carbocycles. The van der Waals surface area contributed by atoms with E-state index in [9.17, 15) is 14.4 Å². The van der Waals surface area contributed by atoms with Crippen molar-refractivity contribution in [2.24, 2.45) is 0 Å². The van der Waals surface area contributed by atoms with Crippen LogP contribution in [-0.4, -0.2) is 53.6 Å². The van der Waals surface area contributed by atoms with Gasteiger partial charge < -0.3 is 24.7 Å². The highest BCUT2D eigenvalue weighted by molar-refractivity contribution is 6.01. The normalized spacial score (nSPS) is 12.2. The molecule has 1 aromatic heterocycles. The van der Waals surface area contributed by atoms with Crippen molar-refractivity contribution in [1.82, 2.24) is 20.2 Å². The van der Waals surface area contributed by atoms with Gasteiger partial charge >= 0.3 is 12.1 Å². The summed E-state index contributed by atoms with van der Waals surface area (Å²) in [6.07, 6.45) is 4.54. The van der Waals surface area contributed by atoms with Crippen LogP contribution in [0.3, 0.4) is 0 Å². The number of imidazole rings is 1. The lowest BCUT2D eigenvalue weighted by atomic mass is 9.76. The summed E-state index contributed by atoms with van der Waals surface area (Å²) in [5.41, 5.74) is 4.02. The molecule has 4 aromatic carbocycles. The Labute approximate surface area is 286 Å². The Morgan fingerprint density at radius 1 is 0.796 bits per heavy atom. The number of esters is 1. The number of aromatic nitrogens is 2. The number of hydrogen-bond donors (Lipinski definition) is 2. The number of amides is 1. The van der Waals surface area contributed by atoms with Crippen LogP contribution in [0, 0.1) is 0 Å². The number of carbonyl (C=O) groups excluding carboxylic acids is 3. The Bertz CT molecular complexity index is 1740. The largest absolute Gasteiger partial charge is 0.468 e. The number of hydrogen-bond acceptors (Lipinski definition) is 7. The summed E-state index contributed by atoms with van der Waals surface area (Å²) in [4.78, 5) is 43.8. The van der Waals surface area contributed by atoms with Crippen LogP contribution in [0.5, 0.6) is 0 Å². The minimum absolute atomic E-state index is 0.0435. The summed E-state index contributed by atoms with van der Waals surface area (Å²) < 4.78 is 12.4. The zero-order chi connectivity index (χ0) is 34.5. The highest BCUT2D eigenvalue weighted by Crippen LogP contribution is 2.41. The molecule has 49 heavy (non-hydrogen) atoms. The molecule has 9 heteroatoms. The topological polar surface area (TPSA) is 112 Å². The zero-order valence-electron chi connectivity index (χ0n) is 27.6. The summed E-state index contributed by atoms with van der Waals surface area (Å²) in [7, 11) is 1.30. The number of ether oxygens (including phenoxy) is 2. The van der Waals surface area contributed by atoms with Crippen molar-refractivity contribution in [3.8, 4) is 0 Å². The van der Waals surface area contributed by atoms with Crippen molar-refractivity contribution < 1.29 is 23.9 Å². The Balaban J connectivity index is 1.56. The van der Waals surface area contributed by atoms with Gasteiger partial charge in [0.15, 0.2) is 5.78 Å². The SMILES string of the molecule is C/C=C(\CNCC(=O)OC)C(=O)C(Cc1cncn1C(c1ccccc1)(c1ccccc1)c1ccccc1)NC(=O)OCc1ccccc1. The van der Waals surface area contributed by atoms with Gasteiger partial charge in [-0.05, 0) is 29.2 Å². The van der Waals surface area contributed by atoms with Crippen LogP contribution < -0.4 is 10.6 Å². The van der Waals surface area contributed by atoms with Crippen molar-refractivity contribution in [1.29, 1.82) is 0 Å². The number of carbonyl (C=O) groups is 3. The molecule has 0 fully saturated rings. The summed E-state index contributed by atoms with van der Waals surface area (Å²) >= 11 is 0. The van der Waals surface area contributed by atoms with Gasteiger partial charge in [0, 0.05) is 30.4 Å². The molecule has 1 heterocycles. The van der Waals surface area contributed by atoms with E-state index in [2.05, 4.69) is 56.6 Å². The Morgan fingerprint density at radius 2 is 1.33 bits per heavy atom. The average molecular weight is 657 g/mol. The van der Waals surface area contributed by atoms with Crippen molar-refractivity contribution in [2.75, 3.05) is 20.2 Å². The van der Waals surface area contributed by atoms with Crippen LogP contribution in [-0.2, 0) is 37.6 Å². The maximum absolute atomic E-state index is 14.2. The monoisotopic (exact) mass is 656 g/mol. The number of allylic oxidation sites excluding steroid dienone is 1. The second-order valence-electron chi connectivity index (χ2n) is 11.4. The molecule has 0 aliphatic carbocycles. The third-order valence-corrected chi connectivity index (χ3v) is 8.36. The molecule has 0 spiro atoms. The van der Waals surface area contributed by atoms with Gasteiger partial charge in [0.25, 0.3) is 0 Å². The number of ketones is 1. The number of alkyl carbamates (subject to hydrolysis) is 1. The van der Waals surface area contributed by atoms with E-state index >= 15 is 0 Å². The molecular formula is C40H40N4O5. The molecule has 1 atom stereocenters. The molecule has 2 N–H and O–H groups in total. The number of rotatable bonds is 15. The fourth-order valence-corrected chi connectivity index (χ4v) is 5.98. The summed E-state index contributed by atoms with van der Waals surface area (Å²) in [6, 6.07) is 38.7. The summed E-state index contributed by atoms with van der Waals surface area (Å²) in [6.45, 7) is 1.82. The van der Waals surface area contributed by atoms with Crippen molar-refractivity contribution >= 4 is 17.8 Å². The van der Waals surface area contributed by atoms with E-state index in [-0.39, 0.29) is 31.9 Å². The lowest BCUT2D eigenvalue weighted by molar-refractivity contribution is -0.139. The van der Waals surface area contributed by atoms with Crippen LogP contribution in [0.1, 0.15) is 34.9 Å². The number of nitrogens with one attached hydrogen (secondary N) is 2. The molecule has 0 aliphatic rings. The van der Waals surface area contributed by atoms with Crippen LogP contribution >= 0.6 is 0 Å². The van der Waals surface area contributed by atoms with E-state index in [0.717, 1.165) is 22.3 Å². The molecule has 0 radical (unpaired) electrons. The third kappa shape index (κ3) is 8.20. The van der Waals surface area contributed by atoms with E-state index in [0.29, 0.717) is 11.3 Å². The first kappa shape index (κ1) is 34.5. The standard InChI is InChI=1S/C40H40N4O5/c1-3-31(25-41-27-37(45)48-2)38(46)36(43-39(47)49-28-30-16-8-4-9-17-30)24-35-26-42-29-44(35)40(32-18-10-5-11-19-32,33-20-12-6-13-21-33)34-22-14-7-15-23-34/h3-23,26,29,36,41H,24-25,27-28H2,1-2H3,(H,43,47)/b31-3+. The maximum atomic E-state index is 14.2. The smallest absolute Gasteiger partial charge is 0.408 e. The predicted octanol–water partition coefficient (Wildman–Crippen LogP) is 5.84. The van der Waals surface area contributed by atoms with Gasteiger partial charge in [-0.3, -0.25) is 9.59 Å². The maximum Gasteiger partial charge on any atom is 0.408 e. The minimum Gasteiger partial charge on any atom is -0.468 e. The quantitative estimate of drug-likeness (QED) is 0.0828. The third-order valence-electron chi connectivity index (χ3n) is 8.36. The number of benzene rings is 4. The van der Waals surface area contributed by atoms with E-state index in [1.807, 2.05) is 84.9 Å². The van der Waals surface area contributed by atoms with Gasteiger partial charge in [-0.2, -0.15) is 0 Å². The number of methoxy groups -OCH3 is 1. The highest BCUT2D eigenvalue weighted by atomic mass is 16.5. The van der Waals surface area contributed by atoms with Gasteiger partial charge in [-0.1, -0.05) is 127 Å². The highest BCUT2D eigenvalue weighted by Gasteiger charge is 2.40. The second-order valence-corrected chi connectivity index (χ2v) is 11.4. The molecule has 5 aromatic rings. The van der Waals surface area contributed by atoms with Crippen molar-refractivity contribution in [3.63, 3.8) is 0 Å². The molecule has 0 saturated heterocycles. The van der Waals surface area contributed by atoms with Crippen LogP contribution in [0.4, 0.5) is 4.79 Å². The molecule has 5 rings (SSSR count). The van der Waals surface area contributed by atoms with E-state index in [1.165, 1.54) is 7.11 Å². The molecule has 0 bridgehead atoms. The van der Waals surface area contributed by atoms with E-state index in [4.69, 9.17) is 9.47 Å². The Hall–Kier alpha value is -5.80. The molecule has 250 valence electrons. The first-order valence-corrected chi connectivity index (χ1v) is 16.1. The number of nitrogens with zero attached hydrogens (tertiary/aromatic N) is 2. The summed E-state index contributed by atoms with van der Waals surface area (Å²) in [5, 5.41) is 5.79. The lowest BCUT2D eigenvalue weighted by Crippen LogP contribution is -2.46. The zero-order valence-corrected chi connectivity index (χ0v) is 27.6. The van der Waals surface area contributed by atoms with Gasteiger partial charge in [0.05, 0.1) is 20.0 Å². The second kappa shape index (κ2) is 16.9. The fourth-order valence-electron chi connectivity index (χ4n) is 5.98. The molecule has 9 nitrogen and oxygen atoms in total. The van der Waals surface area contributed by atoms with Crippen molar-refractivity contribution in [3.05, 3.63) is 173 Å². The van der Waals surface area contributed by atoms with Gasteiger partial charge in [0.2, 0.25) is 0 Å². The molecule has 0 aliphatic heterocycles. The lowest BCUT2D eigenvalue weighted by Gasteiger charge is -2.39. The van der Waals surface area contributed by atoms with E-state index < -0.39 is 23.6 Å². The van der Waals surface area contributed by atoms with E-state index in [1.54, 1.807) is 25.5 Å². The van der Waals surface area contributed by atoms with Gasteiger partial charge in [0.1, 0.15) is 18.2 Å². The first-order chi connectivity index (χ1) is 24.0. The fraction of sp³-hybridized carbons (Fsp3) is 0.200. The van der Waals surface area contributed by atoms with Crippen LogP contribution in [0.25, 0.3) is 0 Å². The first-order valence-electron chi connectivity index (χ1n) is 16.1. The molecular weight excluding hydrogens is 616 g/mol. The van der Waals surface area contributed by atoms with Gasteiger partial charge in [-0.25, -0.2) is 9.78 Å². The predicted molar refractivity (Wildman–Crippen MR) is 188 cm³/mol. The van der Waals surface area contributed by atoms with Crippen LogP contribution in [0.2, 0.25) is 0 Å². The minimum atomic E-state index is -1.02. The number of Topliss-reactive ketones (excluding diaryl/α,β-unsaturated/α-hetero) is 1. The molecule has 1 amide bonds. The Kier molecular flexibility index (Phi) is 11.9. The Morgan fingerprint density at radius 3 is 1.84 bits per heavy atom. The molecule has 1 unspecified atom stereocenters. The average Bonchev–Trinajstić information content (AvgIpc) is 3.62. The summed E-state index contributed by atoms with van der Waals surface area (Å²) in [5.74, 6) is -0.779. The van der Waals surface area contributed by atoms with Gasteiger partial charge in [-0.15, -0.1) is 0 Å².